The molecule has 0 bridgehead atoms. The first-order chi connectivity index (χ1) is 10.2. The quantitative estimate of drug-likeness (QED) is 0.683. The van der Waals surface area contributed by atoms with E-state index in [1.165, 1.54) is 6.33 Å². The first kappa shape index (κ1) is 13.7. The third kappa shape index (κ3) is 2.52. The number of nitrogens with zero attached hydrogens (tertiary/aromatic N) is 6. The second-order valence-electron chi connectivity index (χ2n) is 4.40. The zero-order valence-electron chi connectivity index (χ0n) is 11.6. The van der Waals surface area contributed by atoms with Crippen molar-refractivity contribution in [2.75, 3.05) is 7.11 Å². The largest absolute Gasteiger partial charge is 0.479 e. The summed E-state index contributed by atoms with van der Waals surface area (Å²) < 4.78 is 7.12. The van der Waals surface area contributed by atoms with Crippen LogP contribution in [0.3, 0.4) is 0 Å². The molecule has 0 unspecified atom stereocenters. The Morgan fingerprint density at radius 2 is 2.10 bits per heavy atom. The van der Waals surface area contributed by atoms with Crippen molar-refractivity contribution in [2.24, 2.45) is 0 Å². The van der Waals surface area contributed by atoms with Gasteiger partial charge in [-0.2, -0.15) is 4.98 Å². The summed E-state index contributed by atoms with van der Waals surface area (Å²) in [5, 5.41) is 0. The molecule has 0 saturated carbocycles. The van der Waals surface area contributed by atoms with Crippen LogP contribution in [0.2, 0.25) is 0 Å². The van der Waals surface area contributed by atoms with Crippen molar-refractivity contribution in [1.82, 2.24) is 29.5 Å². The minimum absolute atomic E-state index is 0.267. The van der Waals surface area contributed by atoms with E-state index in [0.717, 1.165) is 11.5 Å². The van der Waals surface area contributed by atoms with Gasteiger partial charge in [0.25, 0.3) is 0 Å². The van der Waals surface area contributed by atoms with Crippen LogP contribution in [0.15, 0.2) is 18.6 Å². The predicted octanol–water partition coefficient (Wildman–Crippen LogP) is 1.72. The van der Waals surface area contributed by atoms with Gasteiger partial charge in [-0.05, 0) is 13.0 Å². The van der Waals surface area contributed by atoms with Gasteiger partial charge in [0.05, 0.1) is 25.2 Å². The Hall–Kier alpha value is -2.28. The number of hydrogen-bond acceptors (Lipinski definition) is 6. The van der Waals surface area contributed by atoms with E-state index >= 15 is 0 Å². The van der Waals surface area contributed by atoms with Gasteiger partial charge in [-0.25, -0.2) is 19.9 Å². The molecule has 0 saturated heterocycles. The number of fused-ring (bicyclic) bond motifs is 1. The van der Waals surface area contributed by atoms with Gasteiger partial charge in [0.15, 0.2) is 11.2 Å². The van der Waals surface area contributed by atoms with E-state index in [-0.39, 0.29) is 5.88 Å². The Morgan fingerprint density at radius 3 is 2.81 bits per heavy atom. The highest BCUT2D eigenvalue weighted by atomic mass is 35.5. The van der Waals surface area contributed by atoms with E-state index in [1.54, 1.807) is 13.3 Å². The van der Waals surface area contributed by atoms with Gasteiger partial charge in [-0.1, -0.05) is 0 Å². The lowest BCUT2D eigenvalue weighted by atomic mass is 10.4. The van der Waals surface area contributed by atoms with Gasteiger partial charge < -0.3 is 9.30 Å². The average Bonchev–Trinajstić information content (AvgIpc) is 2.85. The highest BCUT2D eigenvalue weighted by Gasteiger charge is 2.16. The summed E-state index contributed by atoms with van der Waals surface area (Å²) in [5.74, 6) is 2.12. The highest BCUT2D eigenvalue weighted by molar-refractivity contribution is 6.16. The van der Waals surface area contributed by atoms with Crippen molar-refractivity contribution >= 4 is 22.8 Å². The zero-order chi connectivity index (χ0) is 14.8. The molecular formula is C13H13ClN6O. The van der Waals surface area contributed by atoms with E-state index in [0.29, 0.717) is 29.4 Å². The molecule has 3 rings (SSSR count). The smallest absolute Gasteiger partial charge is 0.245 e. The monoisotopic (exact) mass is 304 g/mol. The first-order valence-electron chi connectivity index (χ1n) is 6.31. The summed E-state index contributed by atoms with van der Waals surface area (Å²) in [4.78, 5) is 21.3. The molecule has 3 aromatic heterocycles. The maximum atomic E-state index is 5.99. The average molecular weight is 305 g/mol. The number of aromatic nitrogens is 6. The van der Waals surface area contributed by atoms with Gasteiger partial charge >= 0.3 is 0 Å². The molecule has 7 nitrogen and oxygen atoms in total. The summed E-state index contributed by atoms with van der Waals surface area (Å²) in [6.45, 7) is 2.37. The van der Waals surface area contributed by atoms with Crippen LogP contribution in [0.4, 0.5) is 0 Å². The van der Waals surface area contributed by atoms with E-state index in [4.69, 9.17) is 16.3 Å². The zero-order valence-corrected chi connectivity index (χ0v) is 12.4. The van der Waals surface area contributed by atoms with Gasteiger partial charge in [-0.3, -0.25) is 0 Å². The van der Waals surface area contributed by atoms with Crippen LogP contribution < -0.4 is 4.74 Å². The molecule has 0 radical (unpaired) electrons. The maximum absolute atomic E-state index is 5.99. The summed E-state index contributed by atoms with van der Waals surface area (Å²) >= 11 is 5.99. The molecule has 0 fully saturated rings. The number of ether oxygens (including phenoxy) is 1. The number of halogens is 1. The Labute approximate surface area is 126 Å². The summed E-state index contributed by atoms with van der Waals surface area (Å²) in [6.07, 6.45) is 3.18. The number of rotatable bonds is 4. The van der Waals surface area contributed by atoms with Crippen LogP contribution in [0.25, 0.3) is 11.2 Å². The lowest BCUT2D eigenvalue weighted by Gasteiger charge is -2.07. The SMILES string of the molecule is COc1ncnc2c1nc(CCl)n2Cc1ccnc(C)n1. The first-order valence-corrected chi connectivity index (χ1v) is 6.85. The number of hydrogen-bond donors (Lipinski definition) is 0. The van der Waals surface area contributed by atoms with Crippen LogP contribution >= 0.6 is 11.6 Å². The molecule has 21 heavy (non-hydrogen) atoms. The van der Waals surface area contributed by atoms with Crippen LogP contribution in [0.5, 0.6) is 5.88 Å². The second kappa shape index (κ2) is 5.61. The Morgan fingerprint density at radius 1 is 1.24 bits per heavy atom. The summed E-state index contributed by atoms with van der Waals surface area (Å²) in [6, 6.07) is 1.86. The van der Waals surface area contributed by atoms with E-state index in [1.807, 2.05) is 17.6 Å². The van der Waals surface area contributed by atoms with Crippen molar-refractivity contribution in [3.63, 3.8) is 0 Å². The number of aryl methyl sites for hydroxylation is 1. The second-order valence-corrected chi connectivity index (χ2v) is 4.67. The third-order valence-electron chi connectivity index (χ3n) is 3.04. The minimum Gasteiger partial charge on any atom is -0.479 e. The molecule has 0 N–H and O–H groups in total. The molecule has 0 atom stereocenters. The van der Waals surface area contributed by atoms with Gasteiger partial charge in [0.1, 0.15) is 18.0 Å². The van der Waals surface area contributed by atoms with Crippen molar-refractivity contribution < 1.29 is 4.74 Å². The number of imidazole rings is 1. The molecule has 0 aliphatic heterocycles. The molecule has 0 spiro atoms. The van der Waals surface area contributed by atoms with Crippen LogP contribution in [-0.2, 0) is 12.4 Å². The van der Waals surface area contributed by atoms with E-state index in [9.17, 15) is 0 Å². The molecule has 0 aliphatic rings. The Bertz CT molecular complexity index is 787. The minimum atomic E-state index is 0.267. The number of alkyl halides is 1. The third-order valence-corrected chi connectivity index (χ3v) is 3.28. The molecule has 0 amide bonds. The molecule has 8 heteroatoms. The number of methoxy groups -OCH3 is 1. The maximum Gasteiger partial charge on any atom is 0.245 e. The van der Waals surface area contributed by atoms with Crippen LogP contribution in [0.1, 0.15) is 17.3 Å². The topological polar surface area (TPSA) is 78.6 Å². The van der Waals surface area contributed by atoms with Crippen LogP contribution in [0, 0.1) is 6.92 Å². The molecule has 3 heterocycles. The van der Waals surface area contributed by atoms with Gasteiger partial charge in [0, 0.05) is 6.20 Å². The fourth-order valence-corrected chi connectivity index (χ4v) is 2.34. The Kier molecular flexibility index (Phi) is 3.66. The van der Waals surface area contributed by atoms with Gasteiger partial charge in [-0.15, -0.1) is 11.6 Å². The van der Waals surface area contributed by atoms with Crippen molar-refractivity contribution in [3.8, 4) is 5.88 Å². The lowest BCUT2D eigenvalue weighted by molar-refractivity contribution is 0.401. The Balaban J connectivity index is 2.12. The molecule has 0 aromatic carbocycles. The normalized spacial score (nSPS) is 11.0. The molecule has 108 valence electrons. The summed E-state index contributed by atoms with van der Waals surface area (Å²) in [7, 11) is 1.55. The fourth-order valence-electron chi connectivity index (χ4n) is 2.13. The molecule has 0 aliphatic carbocycles. The van der Waals surface area contributed by atoms with Crippen LogP contribution in [-0.4, -0.2) is 36.6 Å². The molecular weight excluding hydrogens is 292 g/mol. The standard InChI is InChI=1S/C13H13ClN6O/c1-8-15-4-3-9(18-8)6-20-10(5-14)19-11-12(20)16-7-17-13(11)21-2/h3-4,7H,5-6H2,1-2H3. The molecule has 3 aromatic rings. The lowest BCUT2D eigenvalue weighted by Crippen LogP contribution is -2.07. The van der Waals surface area contributed by atoms with Crippen molar-refractivity contribution in [1.29, 1.82) is 0 Å². The van der Waals surface area contributed by atoms with Crippen molar-refractivity contribution in [3.05, 3.63) is 35.9 Å². The van der Waals surface area contributed by atoms with E-state index in [2.05, 4.69) is 24.9 Å². The van der Waals surface area contributed by atoms with E-state index < -0.39 is 0 Å². The van der Waals surface area contributed by atoms with Gasteiger partial charge in [0.2, 0.25) is 5.88 Å². The fraction of sp³-hybridized carbons (Fsp3) is 0.308. The summed E-state index contributed by atoms with van der Waals surface area (Å²) in [5.41, 5.74) is 2.14. The highest BCUT2D eigenvalue weighted by Crippen LogP contribution is 2.23. The van der Waals surface area contributed by atoms with Crippen molar-refractivity contribution in [2.45, 2.75) is 19.3 Å². The predicted molar refractivity (Wildman–Crippen MR) is 77.3 cm³/mol.